The molecule has 0 bridgehead atoms. The maximum Gasteiger partial charge on any atom is 0.326 e. The van der Waals surface area contributed by atoms with Gasteiger partial charge in [0.15, 0.2) is 0 Å². The second-order valence-electron chi connectivity index (χ2n) is 7.27. The Hall–Kier alpha value is -3.30. The quantitative estimate of drug-likeness (QED) is 0.0972. The van der Waals surface area contributed by atoms with E-state index in [1.807, 2.05) is 5.32 Å². The van der Waals surface area contributed by atoms with Gasteiger partial charge in [-0.3, -0.25) is 24.0 Å². The van der Waals surface area contributed by atoms with E-state index >= 15 is 0 Å². The summed E-state index contributed by atoms with van der Waals surface area (Å²) in [5, 5.41) is 42.9. The second-order valence-corrected chi connectivity index (χ2v) is 7.27. The summed E-state index contributed by atoms with van der Waals surface area (Å²) in [6, 6.07) is -6.22. The van der Waals surface area contributed by atoms with E-state index < -0.39 is 78.7 Å². The molecule has 11 N–H and O–H groups in total. The number of unbranched alkanes of at least 4 members (excludes halogenated alkanes) is 1. The van der Waals surface area contributed by atoms with Crippen LogP contribution in [0.15, 0.2) is 0 Å². The van der Waals surface area contributed by atoms with E-state index in [-0.39, 0.29) is 13.0 Å². The molecule has 0 aromatic heterocycles. The minimum atomic E-state index is -1.76. The van der Waals surface area contributed by atoms with Gasteiger partial charge in [0.2, 0.25) is 17.7 Å². The third-order valence-corrected chi connectivity index (χ3v) is 4.37. The Morgan fingerprint density at radius 3 is 1.79 bits per heavy atom. The molecule has 3 amide bonds. The maximum absolute atomic E-state index is 12.7. The highest BCUT2D eigenvalue weighted by molar-refractivity contribution is 5.95. The van der Waals surface area contributed by atoms with Crippen molar-refractivity contribution in [3.63, 3.8) is 0 Å². The predicted octanol–water partition coefficient (Wildman–Crippen LogP) is -3.69. The van der Waals surface area contributed by atoms with Gasteiger partial charge in [0.25, 0.3) is 0 Å². The van der Waals surface area contributed by atoms with Gasteiger partial charge in [-0.2, -0.15) is 0 Å². The normalized spacial score (nSPS) is 15.3. The maximum atomic E-state index is 12.7. The summed E-state index contributed by atoms with van der Waals surface area (Å²) in [6.07, 6.45) is -2.33. The van der Waals surface area contributed by atoms with Gasteiger partial charge in [-0.1, -0.05) is 0 Å². The summed E-state index contributed by atoms with van der Waals surface area (Å²) in [7, 11) is 0. The molecule has 0 radical (unpaired) electrons. The summed E-state index contributed by atoms with van der Waals surface area (Å²) in [5.41, 5.74) is 10.8. The Labute approximate surface area is 188 Å². The van der Waals surface area contributed by atoms with Crippen LogP contribution in [0.2, 0.25) is 0 Å². The van der Waals surface area contributed by atoms with E-state index in [4.69, 9.17) is 26.8 Å². The van der Waals surface area contributed by atoms with Gasteiger partial charge >= 0.3 is 17.9 Å². The van der Waals surface area contributed by atoms with E-state index in [2.05, 4.69) is 10.6 Å². The number of carbonyl (C=O) groups is 6. The fraction of sp³-hybridized carbons (Fsp3) is 0.667. The number of hydrogen-bond acceptors (Lipinski definition) is 9. The van der Waals surface area contributed by atoms with Crippen LogP contribution in [0.25, 0.3) is 0 Å². The van der Waals surface area contributed by atoms with Crippen molar-refractivity contribution in [2.45, 2.75) is 69.3 Å². The Bertz CT molecular complexity index is 729. The van der Waals surface area contributed by atoms with Crippen LogP contribution in [0.1, 0.15) is 39.0 Å². The third kappa shape index (κ3) is 11.8. The molecule has 0 fully saturated rings. The zero-order chi connectivity index (χ0) is 25.7. The molecule has 15 nitrogen and oxygen atoms in total. The molecule has 5 atom stereocenters. The van der Waals surface area contributed by atoms with Gasteiger partial charge in [0.05, 0.1) is 25.0 Å². The highest BCUT2D eigenvalue weighted by Crippen LogP contribution is 2.05. The number of carbonyl (C=O) groups excluding carboxylic acids is 3. The first-order valence-electron chi connectivity index (χ1n) is 10.0. The standard InChI is InChI=1S/C18H31N5O10/c1-8(24)14(23-15(29)9(20)6-12(25)26)17(31)21-10(4-2-3-5-19)16(30)22-11(18(32)33)7-13(27)28/h8-11,14,24H,2-7,19-20H2,1H3,(H,21,31)(H,22,30)(H,23,29)(H,25,26)(H,27,28)(H,32,33). The Kier molecular flexibility index (Phi) is 13.2. The van der Waals surface area contributed by atoms with Gasteiger partial charge < -0.3 is 47.8 Å². The summed E-state index contributed by atoms with van der Waals surface area (Å²) in [5.74, 6) is -7.48. The van der Waals surface area contributed by atoms with Gasteiger partial charge in [0.1, 0.15) is 18.1 Å². The number of aliphatic hydroxyl groups excluding tert-OH is 1. The molecule has 15 heteroatoms. The molecule has 0 aliphatic carbocycles. The molecule has 188 valence electrons. The van der Waals surface area contributed by atoms with Crippen LogP contribution < -0.4 is 27.4 Å². The minimum absolute atomic E-state index is 0.00676. The van der Waals surface area contributed by atoms with Gasteiger partial charge in [0, 0.05) is 0 Å². The lowest BCUT2D eigenvalue weighted by Gasteiger charge is -2.26. The van der Waals surface area contributed by atoms with Crippen LogP contribution in [0.5, 0.6) is 0 Å². The number of rotatable bonds is 16. The summed E-state index contributed by atoms with van der Waals surface area (Å²) < 4.78 is 0. The molecular weight excluding hydrogens is 446 g/mol. The van der Waals surface area contributed by atoms with E-state index in [1.165, 1.54) is 0 Å². The third-order valence-electron chi connectivity index (χ3n) is 4.37. The first-order chi connectivity index (χ1) is 15.3. The Balaban J connectivity index is 5.47. The van der Waals surface area contributed by atoms with Gasteiger partial charge in [-0.15, -0.1) is 0 Å². The van der Waals surface area contributed by atoms with Crippen molar-refractivity contribution in [1.82, 2.24) is 16.0 Å². The van der Waals surface area contributed by atoms with Crippen molar-refractivity contribution in [2.24, 2.45) is 11.5 Å². The van der Waals surface area contributed by atoms with Gasteiger partial charge in [-0.25, -0.2) is 4.79 Å². The van der Waals surface area contributed by atoms with Crippen molar-refractivity contribution in [3.05, 3.63) is 0 Å². The summed E-state index contributed by atoms with van der Waals surface area (Å²) >= 11 is 0. The SMILES string of the molecule is CC(O)C(NC(=O)C(N)CC(=O)O)C(=O)NC(CCCCN)C(=O)NC(CC(=O)O)C(=O)O. The lowest BCUT2D eigenvalue weighted by molar-refractivity contribution is -0.147. The zero-order valence-corrected chi connectivity index (χ0v) is 18.0. The van der Waals surface area contributed by atoms with Crippen molar-refractivity contribution in [3.8, 4) is 0 Å². The number of nitrogens with one attached hydrogen (secondary N) is 3. The van der Waals surface area contributed by atoms with Crippen LogP contribution in [0.4, 0.5) is 0 Å². The lowest BCUT2D eigenvalue weighted by Crippen LogP contribution is -2.60. The average molecular weight is 477 g/mol. The van der Waals surface area contributed by atoms with E-state index in [9.17, 15) is 33.9 Å². The molecule has 0 saturated carbocycles. The number of aliphatic hydroxyl groups is 1. The smallest absolute Gasteiger partial charge is 0.326 e. The first kappa shape index (κ1) is 29.7. The molecule has 0 aromatic rings. The molecule has 5 unspecified atom stereocenters. The van der Waals surface area contributed by atoms with Crippen LogP contribution in [0.3, 0.4) is 0 Å². The Morgan fingerprint density at radius 2 is 1.33 bits per heavy atom. The van der Waals surface area contributed by atoms with Crippen LogP contribution in [-0.2, 0) is 28.8 Å². The van der Waals surface area contributed by atoms with Crippen molar-refractivity contribution in [1.29, 1.82) is 0 Å². The molecule has 0 saturated heterocycles. The number of aliphatic carboxylic acids is 3. The number of nitrogens with two attached hydrogens (primary N) is 2. The zero-order valence-electron chi connectivity index (χ0n) is 18.0. The van der Waals surface area contributed by atoms with Crippen LogP contribution in [0, 0.1) is 0 Å². The second kappa shape index (κ2) is 14.7. The van der Waals surface area contributed by atoms with Crippen LogP contribution >= 0.6 is 0 Å². The molecule has 0 aliphatic heterocycles. The summed E-state index contributed by atoms with van der Waals surface area (Å²) in [6.45, 7) is 1.43. The fourth-order valence-corrected chi connectivity index (χ4v) is 2.62. The highest BCUT2D eigenvalue weighted by atomic mass is 16.4. The lowest BCUT2D eigenvalue weighted by atomic mass is 10.1. The summed E-state index contributed by atoms with van der Waals surface area (Å²) in [4.78, 5) is 70.0. The Morgan fingerprint density at radius 1 is 0.788 bits per heavy atom. The van der Waals surface area contributed by atoms with Crippen LogP contribution in [-0.4, -0.2) is 92.9 Å². The molecule has 33 heavy (non-hydrogen) atoms. The molecule has 0 rings (SSSR count). The van der Waals surface area contributed by atoms with E-state index in [0.717, 1.165) is 6.92 Å². The van der Waals surface area contributed by atoms with E-state index in [1.54, 1.807) is 0 Å². The topological polar surface area (TPSA) is 271 Å². The monoisotopic (exact) mass is 477 g/mol. The average Bonchev–Trinajstić information content (AvgIpc) is 2.69. The molecule has 0 aromatic carbocycles. The molecule has 0 spiro atoms. The number of amides is 3. The molecular formula is C18H31N5O10. The highest BCUT2D eigenvalue weighted by Gasteiger charge is 2.33. The largest absolute Gasteiger partial charge is 0.481 e. The number of carboxylic acids is 3. The number of carboxylic acid groups (broad SMARTS) is 3. The predicted molar refractivity (Wildman–Crippen MR) is 110 cm³/mol. The van der Waals surface area contributed by atoms with E-state index in [0.29, 0.717) is 12.8 Å². The van der Waals surface area contributed by atoms with Crippen molar-refractivity contribution < 1.29 is 49.2 Å². The van der Waals surface area contributed by atoms with Crippen molar-refractivity contribution >= 4 is 35.6 Å². The van der Waals surface area contributed by atoms with Crippen molar-refractivity contribution in [2.75, 3.05) is 6.54 Å². The first-order valence-corrected chi connectivity index (χ1v) is 10.0. The fourth-order valence-electron chi connectivity index (χ4n) is 2.62. The molecule has 0 heterocycles. The van der Waals surface area contributed by atoms with Gasteiger partial charge in [-0.05, 0) is 32.7 Å². The minimum Gasteiger partial charge on any atom is -0.481 e. The number of hydrogen-bond donors (Lipinski definition) is 9. The molecule has 0 aliphatic rings.